The van der Waals surface area contributed by atoms with Crippen molar-refractivity contribution >= 4 is 46.3 Å². The second-order valence-corrected chi connectivity index (χ2v) is 10.1. The maximum Gasteiger partial charge on any atom is 0.331 e. The van der Waals surface area contributed by atoms with E-state index < -0.39 is 17.9 Å². The molecule has 3 rings (SSSR count). The fraction of sp³-hybridized carbons (Fsp3) is 0.393. The van der Waals surface area contributed by atoms with Crippen molar-refractivity contribution in [3.05, 3.63) is 64.6 Å². The third-order valence-corrected chi connectivity index (χ3v) is 7.08. The fourth-order valence-electron chi connectivity index (χ4n) is 3.96. The van der Waals surface area contributed by atoms with Crippen LogP contribution in [0.3, 0.4) is 0 Å². The first-order valence-electron chi connectivity index (χ1n) is 12.4. The fourth-order valence-corrected chi connectivity index (χ4v) is 5.27. The maximum atomic E-state index is 13.2. The highest BCUT2D eigenvalue weighted by Gasteiger charge is 2.41. The van der Waals surface area contributed by atoms with Crippen LogP contribution in [0.4, 0.5) is 0 Å². The van der Waals surface area contributed by atoms with E-state index >= 15 is 0 Å². The van der Waals surface area contributed by atoms with Crippen molar-refractivity contribution < 1.29 is 24.2 Å². The number of carbonyl (C=O) groups is 2. The highest BCUT2D eigenvalue weighted by Crippen LogP contribution is 2.39. The average Bonchev–Trinajstić information content (AvgIpc) is 3.13. The minimum atomic E-state index is -1.18. The number of thiocarbonyl (C=S) groups is 1. The zero-order valence-electron chi connectivity index (χ0n) is 20.8. The topological polar surface area (TPSA) is 76.1 Å². The van der Waals surface area contributed by atoms with Crippen LogP contribution in [0.5, 0.6) is 11.5 Å². The summed E-state index contributed by atoms with van der Waals surface area (Å²) in [6.45, 7) is 5.22. The molecule has 1 saturated heterocycles. The molecule has 1 amide bonds. The number of thioether (sulfide) groups is 1. The van der Waals surface area contributed by atoms with E-state index in [9.17, 15) is 14.7 Å². The summed E-state index contributed by atoms with van der Waals surface area (Å²) >= 11 is 6.51. The van der Waals surface area contributed by atoms with Crippen molar-refractivity contribution in [1.82, 2.24) is 4.90 Å². The van der Waals surface area contributed by atoms with E-state index in [0.29, 0.717) is 35.2 Å². The first-order valence-corrected chi connectivity index (χ1v) is 13.6. The zero-order chi connectivity index (χ0) is 25.9. The van der Waals surface area contributed by atoms with Gasteiger partial charge in [0, 0.05) is 0 Å². The smallest absolute Gasteiger partial charge is 0.331 e. The molecule has 8 heteroatoms. The van der Waals surface area contributed by atoms with E-state index in [2.05, 4.69) is 6.92 Å². The van der Waals surface area contributed by atoms with Crippen LogP contribution in [0, 0.1) is 0 Å². The summed E-state index contributed by atoms with van der Waals surface area (Å²) in [6.07, 6.45) is 8.84. The largest absolute Gasteiger partial charge is 0.490 e. The van der Waals surface area contributed by atoms with Gasteiger partial charge in [-0.15, -0.1) is 0 Å². The number of amides is 1. The Balaban J connectivity index is 1.73. The lowest BCUT2D eigenvalue weighted by molar-refractivity contribution is -0.145. The molecule has 0 radical (unpaired) electrons. The Bertz CT molecular complexity index is 1090. The Kier molecular flexibility index (Phi) is 10.8. The Morgan fingerprint density at radius 2 is 1.75 bits per heavy atom. The maximum absolute atomic E-state index is 13.2. The molecule has 1 aliphatic rings. The molecule has 36 heavy (non-hydrogen) atoms. The summed E-state index contributed by atoms with van der Waals surface area (Å²) in [4.78, 5) is 26.8. The minimum Gasteiger partial charge on any atom is -0.490 e. The van der Waals surface area contributed by atoms with Gasteiger partial charge in [-0.1, -0.05) is 99.4 Å². The second-order valence-electron chi connectivity index (χ2n) is 8.46. The summed E-state index contributed by atoms with van der Waals surface area (Å²) < 4.78 is 12.0. The summed E-state index contributed by atoms with van der Waals surface area (Å²) in [6, 6.07) is 13.0. The van der Waals surface area contributed by atoms with Crippen molar-refractivity contribution in [2.75, 3.05) is 13.2 Å². The number of hydrogen-bond donors (Lipinski definition) is 1. The third kappa shape index (κ3) is 7.34. The molecule has 1 heterocycles. The number of carboxylic acid groups (broad SMARTS) is 1. The van der Waals surface area contributed by atoms with Crippen LogP contribution in [-0.4, -0.2) is 39.4 Å². The van der Waals surface area contributed by atoms with Crippen molar-refractivity contribution in [3.8, 4) is 11.5 Å². The number of benzene rings is 2. The lowest BCUT2D eigenvalue weighted by atomic mass is 10.1. The first-order chi connectivity index (χ1) is 17.5. The Hall–Kier alpha value is -2.84. The van der Waals surface area contributed by atoms with Crippen LogP contribution in [-0.2, 0) is 9.59 Å². The van der Waals surface area contributed by atoms with Crippen molar-refractivity contribution in [1.29, 1.82) is 0 Å². The molecule has 1 aliphatic heterocycles. The molecule has 0 aromatic heterocycles. The molecule has 192 valence electrons. The van der Waals surface area contributed by atoms with E-state index in [1.807, 2.05) is 25.1 Å². The van der Waals surface area contributed by atoms with Crippen molar-refractivity contribution in [3.63, 3.8) is 0 Å². The number of ether oxygens (including phenoxy) is 2. The molecule has 1 N–H and O–H groups in total. The minimum absolute atomic E-state index is 0.214. The van der Waals surface area contributed by atoms with Gasteiger partial charge in [0.05, 0.1) is 18.1 Å². The van der Waals surface area contributed by atoms with Gasteiger partial charge in [-0.05, 0) is 42.7 Å². The molecule has 0 saturated carbocycles. The molecule has 0 spiro atoms. The Labute approximate surface area is 222 Å². The lowest BCUT2D eigenvalue weighted by Gasteiger charge is -2.23. The summed E-state index contributed by atoms with van der Waals surface area (Å²) in [7, 11) is 0. The molecular weight excluding hydrogens is 494 g/mol. The van der Waals surface area contributed by atoms with E-state index in [1.54, 1.807) is 36.4 Å². The van der Waals surface area contributed by atoms with Gasteiger partial charge in [0.25, 0.3) is 5.91 Å². The number of rotatable bonds is 14. The molecule has 2 aromatic rings. The second kappa shape index (κ2) is 14.0. The molecule has 0 aliphatic carbocycles. The van der Waals surface area contributed by atoms with Crippen LogP contribution in [0.2, 0.25) is 0 Å². The molecule has 1 fully saturated rings. The monoisotopic (exact) mass is 527 g/mol. The van der Waals surface area contributed by atoms with Crippen molar-refractivity contribution in [2.24, 2.45) is 0 Å². The Morgan fingerprint density at radius 3 is 2.44 bits per heavy atom. The van der Waals surface area contributed by atoms with Gasteiger partial charge < -0.3 is 14.6 Å². The average molecular weight is 528 g/mol. The molecular formula is C28H33NO5S2. The van der Waals surface area contributed by atoms with E-state index in [-0.39, 0.29) is 4.32 Å². The predicted molar refractivity (Wildman–Crippen MR) is 148 cm³/mol. The van der Waals surface area contributed by atoms with Gasteiger partial charge in [0.1, 0.15) is 4.32 Å². The molecule has 6 nitrogen and oxygen atoms in total. The molecule has 2 aromatic carbocycles. The van der Waals surface area contributed by atoms with Gasteiger partial charge in [-0.25, -0.2) is 4.79 Å². The third-order valence-electron chi connectivity index (χ3n) is 5.75. The van der Waals surface area contributed by atoms with E-state index in [1.165, 1.54) is 30.6 Å². The number of carboxylic acids is 1. The molecule has 1 unspecified atom stereocenters. The van der Waals surface area contributed by atoms with Crippen LogP contribution >= 0.6 is 24.0 Å². The molecule has 1 atom stereocenters. The quantitative estimate of drug-likeness (QED) is 0.164. The van der Waals surface area contributed by atoms with Gasteiger partial charge in [-0.2, -0.15) is 0 Å². The van der Waals surface area contributed by atoms with E-state index in [0.717, 1.165) is 30.2 Å². The Morgan fingerprint density at radius 1 is 1.03 bits per heavy atom. The van der Waals surface area contributed by atoms with Crippen molar-refractivity contribution in [2.45, 2.75) is 58.4 Å². The normalized spacial score (nSPS) is 15.4. The number of hydrogen-bond acceptors (Lipinski definition) is 6. The predicted octanol–water partition coefficient (Wildman–Crippen LogP) is 6.85. The standard InChI is InChI=1S/C28H33NO5S2/c1-3-5-6-7-8-12-17-34-22-16-15-20(18-23(22)33-4-2)19-24-26(30)29(28(35)36-24)25(27(31)32)21-13-10-9-11-14-21/h9-11,13-16,18-19,25H,3-8,12,17H2,1-2H3,(H,31,32)/b24-19+. The number of carbonyl (C=O) groups excluding carboxylic acids is 1. The number of unbranched alkanes of at least 4 members (excludes halogenated alkanes) is 5. The molecule has 0 bridgehead atoms. The first kappa shape index (κ1) is 27.7. The van der Waals surface area contributed by atoms with Crippen LogP contribution in [0.15, 0.2) is 53.4 Å². The number of nitrogens with zero attached hydrogens (tertiary/aromatic N) is 1. The zero-order valence-corrected chi connectivity index (χ0v) is 22.4. The number of aliphatic carboxylic acids is 1. The SMILES string of the molecule is CCCCCCCCOc1ccc(/C=C2/SC(=S)N(C(C(=O)O)c3ccccc3)C2=O)cc1OCC. The highest BCUT2D eigenvalue weighted by molar-refractivity contribution is 8.26. The summed E-state index contributed by atoms with van der Waals surface area (Å²) in [5, 5.41) is 9.85. The lowest BCUT2D eigenvalue weighted by Crippen LogP contribution is -2.37. The van der Waals surface area contributed by atoms with Gasteiger partial charge in [0.15, 0.2) is 17.5 Å². The van der Waals surface area contributed by atoms with Gasteiger partial charge >= 0.3 is 5.97 Å². The summed E-state index contributed by atoms with van der Waals surface area (Å²) in [5.41, 5.74) is 1.24. The highest BCUT2D eigenvalue weighted by atomic mass is 32.2. The summed E-state index contributed by atoms with van der Waals surface area (Å²) in [5.74, 6) is -0.280. The van der Waals surface area contributed by atoms with Gasteiger partial charge in [0.2, 0.25) is 0 Å². The van der Waals surface area contributed by atoms with Gasteiger partial charge in [-0.3, -0.25) is 9.69 Å². The van der Waals surface area contributed by atoms with E-state index in [4.69, 9.17) is 21.7 Å². The van der Waals surface area contributed by atoms with Crippen LogP contribution in [0.25, 0.3) is 6.08 Å². The van der Waals surface area contributed by atoms with Crippen LogP contribution < -0.4 is 9.47 Å². The van der Waals surface area contributed by atoms with Crippen LogP contribution in [0.1, 0.15) is 69.5 Å².